The van der Waals surface area contributed by atoms with Gasteiger partial charge in [-0.2, -0.15) is 10.4 Å². The third-order valence-electron chi connectivity index (χ3n) is 0.628. The Morgan fingerprint density at radius 2 is 1.38 bits per heavy atom. The van der Waals surface area contributed by atoms with E-state index in [1.54, 1.807) is 0 Å². The van der Waals surface area contributed by atoms with Crippen LogP contribution in [0.25, 0.3) is 0 Å². The minimum Gasteiger partial charge on any atom is -0.412 e. The van der Waals surface area contributed by atoms with Crippen molar-refractivity contribution in [2.45, 2.75) is 0 Å². The molecule has 0 aliphatic rings. The first kappa shape index (κ1) is 4.69. The normalized spacial score (nSPS) is 9.00. The number of H-pyrrole nitrogens is 2. The van der Waals surface area contributed by atoms with Crippen LogP contribution in [0.1, 0.15) is 0 Å². The zero-order chi connectivity index (χ0) is 5.98. The van der Waals surface area contributed by atoms with Crippen molar-refractivity contribution in [1.82, 2.24) is 20.1 Å². The molecule has 46 valence electrons. The molecule has 8 heavy (non-hydrogen) atoms. The van der Waals surface area contributed by atoms with Gasteiger partial charge in [-0.15, -0.1) is 9.69 Å². The van der Waals surface area contributed by atoms with Gasteiger partial charge in [0.05, 0.1) is 12.4 Å². The molecule has 0 aliphatic carbocycles. The van der Waals surface area contributed by atoms with Gasteiger partial charge >= 0.3 is 0 Å². The van der Waals surface area contributed by atoms with Gasteiger partial charge in [-0.25, -0.2) is 0 Å². The second kappa shape index (κ2) is 1.57. The van der Waals surface area contributed by atoms with Crippen LogP contribution in [0.2, 0.25) is 0 Å². The van der Waals surface area contributed by atoms with Gasteiger partial charge in [0.1, 0.15) is 0 Å². The number of rotatable bonds is 0. The van der Waals surface area contributed by atoms with E-state index in [9.17, 15) is 0 Å². The van der Waals surface area contributed by atoms with E-state index in [2.05, 4.69) is 10.4 Å². The summed E-state index contributed by atoms with van der Waals surface area (Å²) in [4.78, 5) is 1.32. The first-order valence-electron chi connectivity index (χ1n) is 1.95. The molecular formula is C2H6N4O2. The van der Waals surface area contributed by atoms with Gasteiger partial charge in [0, 0.05) is 0 Å². The fourth-order valence-electron chi connectivity index (χ4n) is 0.303. The summed E-state index contributed by atoms with van der Waals surface area (Å²) < 4.78 is 0. The van der Waals surface area contributed by atoms with E-state index in [-0.39, 0.29) is 0 Å². The molecular weight excluding hydrogens is 112 g/mol. The van der Waals surface area contributed by atoms with Crippen molar-refractivity contribution in [1.29, 1.82) is 0 Å². The summed E-state index contributed by atoms with van der Waals surface area (Å²) >= 11 is 0. The highest BCUT2D eigenvalue weighted by Gasteiger charge is 1.75. The SMILES string of the molecule is On1ccn(O)[nH][nH]1. The lowest BCUT2D eigenvalue weighted by molar-refractivity contribution is 0.0791. The summed E-state index contributed by atoms with van der Waals surface area (Å²) in [6.07, 6.45) is 2.44. The maximum atomic E-state index is 8.46. The lowest BCUT2D eigenvalue weighted by Crippen LogP contribution is -2.07. The largest absolute Gasteiger partial charge is 0.412 e. The van der Waals surface area contributed by atoms with Crippen LogP contribution in [-0.2, 0) is 0 Å². The standard InChI is InChI=1S/C2H6N4O2/c7-5-1-2-6(8)4-3-5/h1-4,7-8H. The van der Waals surface area contributed by atoms with Crippen LogP contribution >= 0.6 is 0 Å². The molecule has 1 heterocycles. The fourth-order valence-corrected chi connectivity index (χ4v) is 0.303. The Labute approximate surface area is 44.1 Å². The molecule has 6 nitrogen and oxygen atoms in total. The third-order valence-corrected chi connectivity index (χ3v) is 0.628. The Bertz CT molecular complexity index is 151. The molecule has 0 bridgehead atoms. The lowest BCUT2D eigenvalue weighted by Gasteiger charge is -1.98. The second-order valence-corrected chi connectivity index (χ2v) is 1.21. The Morgan fingerprint density at radius 3 is 1.62 bits per heavy atom. The summed E-state index contributed by atoms with van der Waals surface area (Å²) in [6, 6.07) is 0. The minimum absolute atomic E-state index is 0.659. The molecule has 0 aromatic carbocycles. The van der Waals surface area contributed by atoms with E-state index in [4.69, 9.17) is 10.4 Å². The number of hydrogen-bond donors (Lipinski definition) is 4. The Balaban J connectivity index is 3.03. The van der Waals surface area contributed by atoms with Gasteiger partial charge in [-0.1, -0.05) is 0 Å². The predicted molar refractivity (Wildman–Crippen MR) is 23.1 cm³/mol. The molecule has 4 N–H and O–H groups in total. The molecule has 1 rings (SSSR count). The van der Waals surface area contributed by atoms with Crippen LogP contribution in [0.5, 0.6) is 0 Å². The maximum absolute atomic E-state index is 8.46. The summed E-state index contributed by atoms with van der Waals surface area (Å²) in [5.41, 5.74) is 0. The van der Waals surface area contributed by atoms with Gasteiger partial charge in [-0.3, -0.25) is 0 Å². The smallest absolute Gasteiger partial charge is 0.0857 e. The van der Waals surface area contributed by atoms with Crippen molar-refractivity contribution in [3.05, 3.63) is 12.4 Å². The van der Waals surface area contributed by atoms with Crippen molar-refractivity contribution in [3.8, 4) is 0 Å². The van der Waals surface area contributed by atoms with E-state index in [0.29, 0.717) is 9.69 Å². The first-order valence-corrected chi connectivity index (χ1v) is 1.95. The van der Waals surface area contributed by atoms with Crippen LogP contribution in [-0.4, -0.2) is 30.5 Å². The van der Waals surface area contributed by atoms with Crippen LogP contribution < -0.4 is 0 Å². The summed E-state index contributed by atoms with van der Waals surface area (Å²) in [5.74, 6) is 0. The highest BCUT2D eigenvalue weighted by Crippen LogP contribution is 1.69. The summed E-state index contributed by atoms with van der Waals surface area (Å²) in [6.45, 7) is 0. The van der Waals surface area contributed by atoms with E-state index in [1.807, 2.05) is 0 Å². The summed E-state index contributed by atoms with van der Waals surface area (Å²) in [5, 5.41) is 21.2. The van der Waals surface area contributed by atoms with Crippen molar-refractivity contribution >= 4 is 0 Å². The highest BCUT2D eigenvalue weighted by molar-refractivity contribution is 4.57. The molecule has 0 radical (unpaired) electrons. The molecule has 0 aliphatic heterocycles. The van der Waals surface area contributed by atoms with Gasteiger partial charge in [0.15, 0.2) is 0 Å². The average Bonchev–Trinajstić information content (AvgIpc) is 1.77. The molecule has 0 fully saturated rings. The van der Waals surface area contributed by atoms with E-state index >= 15 is 0 Å². The quantitative estimate of drug-likeness (QED) is 0.348. The molecule has 1 aromatic rings. The lowest BCUT2D eigenvalue weighted by atomic mass is 10.9. The number of nitrogens with one attached hydrogen (secondary N) is 2. The molecule has 0 spiro atoms. The Morgan fingerprint density at radius 1 is 1.00 bits per heavy atom. The van der Waals surface area contributed by atoms with Crippen molar-refractivity contribution < 1.29 is 10.4 Å². The van der Waals surface area contributed by atoms with E-state index in [1.165, 1.54) is 12.4 Å². The van der Waals surface area contributed by atoms with Crippen molar-refractivity contribution in [2.75, 3.05) is 0 Å². The number of hydrogen-bond acceptors (Lipinski definition) is 2. The topological polar surface area (TPSA) is 81.9 Å². The Kier molecular flexibility index (Phi) is 0.918. The molecule has 6 heteroatoms. The summed E-state index contributed by atoms with van der Waals surface area (Å²) in [7, 11) is 0. The molecule has 1 aromatic heterocycles. The number of aromatic nitrogens is 4. The van der Waals surface area contributed by atoms with Crippen LogP contribution in [0, 0.1) is 0 Å². The number of nitrogens with zero attached hydrogens (tertiary/aromatic N) is 2. The molecule has 0 saturated heterocycles. The molecule has 0 unspecified atom stereocenters. The van der Waals surface area contributed by atoms with Crippen LogP contribution in [0.4, 0.5) is 0 Å². The van der Waals surface area contributed by atoms with Crippen LogP contribution in [0.15, 0.2) is 12.4 Å². The first-order chi connectivity index (χ1) is 3.79. The predicted octanol–water partition coefficient (Wildman–Crippen LogP) is -0.455. The van der Waals surface area contributed by atoms with E-state index in [0.717, 1.165) is 0 Å². The van der Waals surface area contributed by atoms with Gasteiger partial charge < -0.3 is 10.4 Å². The maximum Gasteiger partial charge on any atom is 0.0857 e. The van der Waals surface area contributed by atoms with E-state index < -0.39 is 0 Å². The number of aromatic amines is 2. The highest BCUT2D eigenvalue weighted by atomic mass is 16.5. The molecule has 0 saturated carbocycles. The fraction of sp³-hybridized carbons (Fsp3) is 0. The van der Waals surface area contributed by atoms with Gasteiger partial charge in [0.2, 0.25) is 0 Å². The van der Waals surface area contributed by atoms with Gasteiger partial charge in [-0.05, 0) is 0 Å². The molecule has 0 atom stereocenters. The zero-order valence-electron chi connectivity index (χ0n) is 3.94. The third kappa shape index (κ3) is 0.780. The molecule has 0 amide bonds. The van der Waals surface area contributed by atoms with Crippen molar-refractivity contribution in [2.24, 2.45) is 0 Å². The van der Waals surface area contributed by atoms with Crippen LogP contribution in [0.3, 0.4) is 0 Å². The second-order valence-electron chi connectivity index (χ2n) is 1.21. The monoisotopic (exact) mass is 118 g/mol. The average molecular weight is 118 g/mol. The zero-order valence-corrected chi connectivity index (χ0v) is 3.94. The van der Waals surface area contributed by atoms with Gasteiger partial charge in [0.25, 0.3) is 0 Å². The minimum atomic E-state index is 0.659. The Hall–Kier alpha value is -1.46. The van der Waals surface area contributed by atoms with Crippen molar-refractivity contribution in [3.63, 3.8) is 0 Å².